The van der Waals surface area contributed by atoms with Gasteiger partial charge in [0.25, 0.3) is 0 Å². The topological polar surface area (TPSA) is 56.0 Å². The first-order valence-electron chi connectivity index (χ1n) is 8.86. The van der Waals surface area contributed by atoms with E-state index in [1.54, 1.807) is 18.3 Å². The minimum absolute atomic E-state index is 0.391. The third kappa shape index (κ3) is 3.40. The van der Waals surface area contributed by atoms with E-state index < -0.39 is 5.82 Å². The summed E-state index contributed by atoms with van der Waals surface area (Å²) in [4.78, 5) is 18.5. The number of allylic oxidation sites excluding steroid dienone is 2. The third-order valence-corrected chi connectivity index (χ3v) is 5.74. The fourth-order valence-electron chi connectivity index (χ4n) is 3.21. The molecule has 4 heterocycles. The van der Waals surface area contributed by atoms with Crippen LogP contribution in [0.15, 0.2) is 60.5 Å². The van der Waals surface area contributed by atoms with E-state index in [0.29, 0.717) is 22.0 Å². The molecule has 4 aromatic heterocycles. The van der Waals surface area contributed by atoms with Gasteiger partial charge in [-0.25, -0.2) is 14.4 Å². The van der Waals surface area contributed by atoms with Gasteiger partial charge in [0.1, 0.15) is 16.5 Å². The average molecular weight is 403 g/mol. The highest BCUT2D eigenvalue weighted by Crippen LogP contribution is 2.38. The van der Waals surface area contributed by atoms with Crippen LogP contribution in [-0.2, 0) is 7.05 Å². The van der Waals surface area contributed by atoms with Crippen molar-refractivity contribution < 1.29 is 4.39 Å². The van der Waals surface area contributed by atoms with Crippen molar-refractivity contribution >= 4 is 34.7 Å². The number of thiazole rings is 1. The molecule has 0 aliphatic carbocycles. The molecule has 0 saturated heterocycles. The van der Waals surface area contributed by atoms with Gasteiger partial charge in [-0.2, -0.15) is 0 Å². The summed E-state index contributed by atoms with van der Waals surface area (Å²) in [6.07, 6.45) is 8.22. The Morgan fingerprint density at radius 2 is 2.10 bits per heavy atom. The van der Waals surface area contributed by atoms with E-state index in [9.17, 15) is 4.39 Å². The molecule has 7 heteroatoms. The smallest absolute Gasteiger partial charge is 0.142 e. The van der Waals surface area contributed by atoms with Crippen molar-refractivity contribution in [1.29, 1.82) is 0 Å². The van der Waals surface area contributed by atoms with Crippen LogP contribution in [0.2, 0.25) is 0 Å². The summed E-state index contributed by atoms with van der Waals surface area (Å²) in [5, 5.41) is 1.73. The molecule has 0 aliphatic rings. The summed E-state index contributed by atoms with van der Waals surface area (Å²) in [7, 11) is 1.98. The zero-order valence-corrected chi connectivity index (χ0v) is 16.9. The predicted molar refractivity (Wildman–Crippen MR) is 117 cm³/mol. The van der Waals surface area contributed by atoms with Crippen LogP contribution < -0.4 is 0 Å². The van der Waals surface area contributed by atoms with Gasteiger partial charge >= 0.3 is 0 Å². The lowest BCUT2D eigenvalue weighted by Gasteiger charge is -2.08. The standard InChI is InChI=1S/C22H18FN5S/c1-5-6-17(24-3)18-10-14-7-8-28(4)20(14)19(27-18)21-13(2)26-22(29-21)15-9-16(23)12-25-11-15/h5-12H,1,3H2,2,4H3/b17-6-. The summed E-state index contributed by atoms with van der Waals surface area (Å²) in [6, 6.07) is 5.45. The Balaban J connectivity index is 1.96. The average Bonchev–Trinajstić information content (AvgIpc) is 3.28. The maximum absolute atomic E-state index is 13.6. The van der Waals surface area contributed by atoms with Crippen molar-refractivity contribution in [2.75, 3.05) is 0 Å². The molecule has 144 valence electrons. The van der Waals surface area contributed by atoms with E-state index in [1.807, 2.05) is 36.9 Å². The minimum Gasteiger partial charge on any atom is -0.349 e. The number of aromatic nitrogens is 4. The van der Waals surface area contributed by atoms with Crippen LogP contribution in [0.1, 0.15) is 11.4 Å². The maximum atomic E-state index is 13.6. The van der Waals surface area contributed by atoms with Gasteiger partial charge in [-0.1, -0.05) is 12.7 Å². The predicted octanol–water partition coefficient (Wildman–Crippen LogP) is 5.43. The van der Waals surface area contributed by atoms with Crippen LogP contribution >= 0.6 is 11.3 Å². The van der Waals surface area contributed by atoms with Crippen molar-refractivity contribution in [3.05, 3.63) is 72.7 Å². The van der Waals surface area contributed by atoms with E-state index in [0.717, 1.165) is 27.2 Å². The molecule has 0 spiro atoms. The van der Waals surface area contributed by atoms with Crippen LogP contribution in [0.4, 0.5) is 4.39 Å². The number of hydrogen-bond acceptors (Lipinski definition) is 5. The van der Waals surface area contributed by atoms with E-state index in [1.165, 1.54) is 23.6 Å². The van der Waals surface area contributed by atoms with Gasteiger partial charge in [0.15, 0.2) is 0 Å². The first-order valence-corrected chi connectivity index (χ1v) is 9.68. The maximum Gasteiger partial charge on any atom is 0.142 e. The SMILES string of the molecule is C=C/C=C(\N=C)c1cc2ccn(C)c2c(-c2sc(-c3cncc(F)c3)nc2C)n1. The Labute approximate surface area is 171 Å². The van der Waals surface area contributed by atoms with Gasteiger partial charge in [0.2, 0.25) is 0 Å². The second-order valence-corrected chi connectivity index (χ2v) is 7.49. The number of nitrogens with zero attached hydrogens (tertiary/aromatic N) is 5. The van der Waals surface area contributed by atoms with Gasteiger partial charge in [0, 0.05) is 30.4 Å². The molecular formula is C22H18FN5S. The number of fused-ring (bicyclic) bond motifs is 1. The van der Waals surface area contributed by atoms with Crippen molar-refractivity contribution in [2.45, 2.75) is 6.92 Å². The molecule has 4 aromatic rings. The Bertz CT molecular complexity index is 1280. The lowest BCUT2D eigenvalue weighted by atomic mass is 10.1. The minimum atomic E-state index is -0.391. The molecule has 0 N–H and O–H groups in total. The molecule has 0 radical (unpaired) electrons. The van der Waals surface area contributed by atoms with Crippen LogP contribution in [0.25, 0.3) is 37.7 Å². The molecule has 0 aromatic carbocycles. The molecule has 29 heavy (non-hydrogen) atoms. The molecule has 4 rings (SSSR count). The van der Waals surface area contributed by atoms with Crippen LogP contribution in [0.3, 0.4) is 0 Å². The Hall–Kier alpha value is -3.45. The van der Waals surface area contributed by atoms with E-state index >= 15 is 0 Å². The molecule has 0 fully saturated rings. The Morgan fingerprint density at radius 3 is 2.83 bits per heavy atom. The Kier molecular flexibility index (Phi) is 4.90. The molecular weight excluding hydrogens is 385 g/mol. The number of halogens is 1. The monoisotopic (exact) mass is 403 g/mol. The molecule has 0 atom stereocenters. The molecule has 0 saturated carbocycles. The number of aliphatic imine (C=N–C) groups is 1. The molecule has 0 amide bonds. The van der Waals surface area contributed by atoms with Gasteiger partial charge in [-0.3, -0.25) is 9.98 Å². The van der Waals surface area contributed by atoms with E-state index in [2.05, 4.69) is 28.3 Å². The summed E-state index contributed by atoms with van der Waals surface area (Å²) in [6.45, 7) is 9.32. The molecule has 5 nitrogen and oxygen atoms in total. The number of pyridine rings is 2. The zero-order valence-electron chi connectivity index (χ0n) is 16.1. The van der Waals surface area contributed by atoms with Gasteiger partial charge in [-0.05, 0) is 37.9 Å². The summed E-state index contributed by atoms with van der Waals surface area (Å²) >= 11 is 1.46. The van der Waals surface area contributed by atoms with Gasteiger partial charge < -0.3 is 4.57 Å². The second-order valence-electron chi connectivity index (χ2n) is 6.49. The summed E-state index contributed by atoms with van der Waals surface area (Å²) < 4.78 is 15.7. The van der Waals surface area contributed by atoms with Gasteiger partial charge in [-0.15, -0.1) is 11.3 Å². The van der Waals surface area contributed by atoms with Crippen LogP contribution in [0.5, 0.6) is 0 Å². The highest BCUT2D eigenvalue weighted by molar-refractivity contribution is 7.18. The molecule has 0 unspecified atom stereocenters. The number of aryl methyl sites for hydroxylation is 2. The largest absolute Gasteiger partial charge is 0.349 e. The first kappa shape index (κ1) is 18.9. The highest BCUT2D eigenvalue weighted by Gasteiger charge is 2.19. The number of rotatable bonds is 5. The van der Waals surface area contributed by atoms with Crippen molar-refractivity contribution in [3.63, 3.8) is 0 Å². The lowest BCUT2D eigenvalue weighted by Crippen LogP contribution is -1.96. The Morgan fingerprint density at radius 1 is 1.28 bits per heavy atom. The molecule has 0 aliphatic heterocycles. The normalized spacial score (nSPS) is 11.8. The van der Waals surface area contributed by atoms with Crippen LogP contribution in [-0.4, -0.2) is 26.2 Å². The van der Waals surface area contributed by atoms with Gasteiger partial charge in [0.05, 0.1) is 33.7 Å². The van der Waals surface area contributed by atoms with Crippen molar-refractivity contribution in [3.8, 4) is 21.1 Å². The van der Waals surface area contributed by atoms with Crippen molar-refractivity contribution in [1.82, 2.24) is 19.5 Å². The fourth-order valence-corrected chi connectivity index (χ4v) is 4.25. The third-order valence-electron chi connectivity index (χ3n) is 4.52. The molecule has 0 bridgehead atoms. The first-order chi connectivity index (χ1) is 14.0. The summed E-state index contributed by atoms with van der Waals surface area (Å²) in [5.74, 6) is -0.391. The van der Waals surface area contributed by atoms with Crippen molar-refractivity contribution in [2.24, 2.45) is 12.0 Å². The lowest BCUT2D eigenvalue weighted by molar-refractivity contribution is 0.622. The highest BCUT2D eigenvalue weighted by atomic mass is 32.1. The quantitative estimate of drug-likeness (QED) is 0.330. The second kappa shape index (κ2) is 7.52. The fraction of sp³-hybridized carbons (Fsp3) is 0.0909. The van der Waals surface area contributed by atoms with E-state index in [-0.39, 0.29) is 0 Å². The number of hydrogen-bond donors (Lipinski definition) is 0. The van der Waals surface area contributed by atoms with Crippen LogP contribution in [0, 0.1) is 12.7 Å². The summed E-state index contributed by atoms with van der Waals surface area (Å²) in [5.41, 5.74) is 4.60. The zero-order chi connectivity index (χ0) is 20.5. The van der Waals surface area contributed by atoms with E-state index in [4.69, 9.17) is 4.98 Å².